The van der Waals surface area contributed by atoms with Crippen molar-refractivity contribution in [3.8, 4) is 5.75 Å². The molecule has 0 saturated heterocycles. The number of allylic oxidation sites excluding steroid dienone is 5. The largest absolute Gasteiger partial charge is 0.534 e. The van der Waals surface area contributed by atoms with Crippen molar-refractivity contribution in [1.29, 1.82) is 0 Å². The Bertz CT molecular complexity index is 1300. The highest BCUT2D eigenvalue weighted by molar-refractivity contribution is 7.88. The van der Waals surface area contributed by atoms with Crippen LogP contribution in [0.25, 0.3) is 16.5 Å². The predicted octanol–water partition coefficient (Wildman–Crippen LogP) is 5.52. The second-order valence-electron chi connectivity index (χ2n) is 6.95. The first-order chi connectivity index (χ1) is 16.0. The molecule has 1 aromatic carbocycles. The molecule has 34 heavy (non-hydrogen) atoms. The van der Waals surface area contributed by atoms with E-state index in [1.165, 1.54) is 18.3 Å². The van der Waals surface area contributed by atoms with E-state index in [0.717, 1.165) is 17.7 Å². The summed E-state index contributed by atoms with van der Waals surface area (Å²) in [6.07, 6.45) is 9.17. The van der Waals surface area contributed by atoms with Gasteiger partial charge < -0.3 is 9.50 Å². The standard InChI is InChI=1S/C17H15F3N2O3S.C6H8N2/c1-4-12(6-5-11(2)3)13-7-14-9-21-10-22-16(14)15(8-13)25-26(23,24)17(18,19)20;1-7-6-4-2-3-5-8-6/h4-10H,1H2,2-3H3;2-5H,1H3,(H,7,8)/b12-6+;. The molecular formula is C23H23F3N4O3S. The van der Waals surface area contributed by atoms with Gasteiger partial charge in [-0.15, -0.1) is 0 Å². The zero-order valence-corrected chi connectivity index (χ0v) is 19.5. The Morgan fingerprint density at radius 2 is 1.88 bits per heavy atom. The van der Waals surface area contributed by atoms with Gasteiger partial charge >= 0.3 is 15.6 Å². The van der Waals surface area contributed by atoms with Gasteiger partial charge in [-0.05, 0) is 49.2 Å². The van der Waals surface area contributed by atoms with Gasteiger partial charge in [0.05, 0.1) is 0 Å². The van der Waals surface area contributed by atoms with Crippen molar-refractivity contribution in [2.24, 2.45) is 0 Å². The van der Waals surface area contributed by atoms with Gasteiger partial charge in [0, 0.05) is 24.8 Å². The van der Waals surface area contributed by atoms with Gasteiger partial charge in [0.2, 0.25) is 0 Å². The highest BCUT2D eigenvalue weighted by atomic mass is 32.2. The Kier molecular flexibility index (Phi) is 8.90. The highest BCUT2D eigenvalue weighted by Crippen LogP contribution is 2.33. The molecule has 180 valence electrons. The molecule has 0 aliphatic rings. The van der Waals surface area contributed by atoms with Gasteiger partial charge in [-0.3, -0.25) is 0 Å². The zero-order chi connectivity index (χ0) is 25.4. The molecule has 7 nitrogen and oxygen atoms in total. The molecule has 0 fully saturated rings. The number of hydrogen-bond acceptors (Lipinski definition) is 7. The predicted molar refractivity (Wildman–Crippen MR) is 127 cm³/mol. The van der Waals surface area contributed by atoms with Crippen LogP contribution in [0.5, 0.6) is 5.75 Å². The van der Waals surface area contributed by atoms with Crippen LogP contribution in [0.4, 0.5) is 19.0 Å². The zero-order valence-electron chi connectivity index (χ0n) is 18.7. The molecule has 0 aliphatic carbocycles. The lowest BCUT2D eigenvalue weighted by molar-refractivity contribution is -0.0499. The van der Waals surface area contributed by atoms with Crippen LogP contribution in [-0.2, 0) is 10.1 Å². The van der Waals surface area contributed by atoms with E-state index in [1.807, 2.05) is 39.1 Å². The lowest BCUT2D eigenvalue weighted by Gasteiger charge is -2.13. The summed E-state index contributed by atoms with van der Waals surface area (Å²) in [6.45, 7) is 7.41. The van der Waals surface area contributed by atoms with Gasteiger partial charge in [-0.2, -0.15) is 21.6 Å². The number of hydrogen-bond donors (Lipinski definition) is 1. The minimum Gasteiger partial charge on any atom is -0.374 e. The summed E-state index contributed by atoms with van der Waals surface area (Å²) in [4.78, 5) is 11.6. The van der Waals surface area contributed by atoms with Gasteiger partial charge in [-0.25, -0.2) is 15.0 Å². The van der Waals surface area contributed by atoms with Crippen LogP contribution in [0, 0.1) is 0 Å². The molecule has 0 atom stereocenters. The van der Waals surface area contributed by atoms with E-state index in [9.17, 15) is 21.6 Å². The number of fused-ring (bicyclic) bond motifs is 1. The van der Waals surface area contributed by atoms with Gasteiger partial charge in [0.1, 0.15) is 17.7 Å². The quantitative estimate of drug-likeness (QED) is 0.275. The number of nitrogens with one attached hydrogen (secondary N) is 1. The first-order valence-electron chi connectivity index (χ1n) is 9.79. The van der Waals surface area contributed by atoms with Crippen LogP contribution in [0.15, 0.2) is 79.4 Å². The first kappa shape index (κ1) is 26.5. The summed E-state index contributed by atoms with van der Waals surface area (Å²) >= 11 is 0. The lowest BCUT2D eigenvalue weighted by atomic mass is 10.0. The number of benzene rings is 1. The smallest absolute Gasteiger partial charge is 0.374 e. The maximum Gasteiger partial charge on any atom is 0.534 e. The third kappa shape index (κ3) is 7.14. The fraction of sp³-hybridized carbons (Fsp3) is 0.174. The number of rotatable bonds is 6. The molecule has 1 N–H and O–H groups in total. The van der Waals surface area contributed by atoms with E-state index < -0.39 is 21.4 Å². The van der Waals surface area contributed by atoms with E-state index in [4.69, 9.17) is 0 Å². The van der Waals surface area contributed by atoms with E-state index >= 15 is 0 Å². The minimum absolute atomic E-state index is 0.0535. The third-order valence-electron chi connectivity index (χ3n) is 4.13. The van der Waals surface area contributed by atoms with Crippen molar-refractivity contribution in [2.45, 2.75) is 19.4 Å². The molecule has 0 bridgehead atoms. The Morgan fingerprint density at radius 1 is 1.15 bits per heavy atom. The van der Waals surface area contributed by atoms with E-state index in [2.05, 4.69) is 31.0 Å². The molecule has 2 heterocycles. The minimum atomic E-state index is -5.83. The Hall–Kier alpha value is -3.73. The second-order valence-corrected chi connectivity index (χ2v) is 8.49. The van der Waals surface area contributed by atoms with Crippen LogP contribution in [0.1, 0.15) is 19.4 Å². The van der Waals surface area contributed by atoms with Crippen molar-refractivity contribution in [3.05, 3.63) is 85.0 Å². The topological polar surface area (TPSA) is 94.1 Å². The van der Waals surface area contributed by atoms with E-state index in [1.54, 1.807) is 24.4 Å². The van der Waals surface area contributed by atoms with Crippen molar-refractivity contribution >= 4 is 32.4 Å². The van der Waals surface area contributed by atoms with Crippen LogP contribution >= 0.6 is 0 Å². The average Bonchev–Trinajstić information content (AvgIpc) is 2.79. The van der Waals surface area contributed by atoms with Crippen molar-refractivity contribution in [3.63, 3.8) is 0 Å². The van der Waals surface area contributed by atoms with E-state index in [0.29, 0.717) is 16.5 Å². The summed E-state index contributed by atoms with van der Waals surface area (Å²) in [7, 11) is -3.99. The summed E-state index contributed by atoms with van der Waals surface area (Å²) in [6, 6.07) is 8.53. The summed E-state index contributed by atoms with van der Waals surface area (Å²) in [5.41, 5.74) is -3.65. The monoisotopic (exact) mass is 492 g/mol. The number of aromatic nitrogens is 3. The number of pyridine rings is 1. The molecule has 0 unspecified atom stereocenters. The molecule has 0 aliphatic heterocycles. The van der Waals surface area contributed by atoms with Crippen molar-refractivity contribution in [2.75, 3.05) is 12.4 Å². The molecule has 0 saturated carbocycles. The van der Waals surface area contributed by atoms with Gasteiger partial charge in [0.15, 0.2) is 5.75 Å². The maximum absolute atomic E-state index is 12.7. The highest BCUT2D eigenvalue weighted by Gasteiger charge is 2.48. The summed E-state index contributed by atoms with van der Waals surface area (Å²) in [5.74, 6) is 0.370. The summed E-state index contributed by atoms with van der Waals surface area (Å²) < 4.78 is 65.1. The Morgan fingerprint density at radius 3 is 2.41 bits per heavy atom. The molecule has 2 aromatic heterocycles. The number of anilines is 1. The molecule has 0 amide bonds. The van der Waals surface area contributed by atoms with Gasteiger partial charge in [0.25, 0.3) is 0 Å². The van der Waals surface area contributed by atoms with Gasteiger partial charge in [-0.1, -0.05) is 36.4 Å². The third-order valence-corrected chi connectivity index (χ3v) is 5.09. The second kappa shape index (κ2) is 11.4. The molecule has 11 heteroatoms. The average molecular weight is 493 g/mol. The number of nitrogens with zero attached hydrogens (tertiary/aromatic N) is 3. The Balaban J connectivity index is 0.000000430. The van der Waals surface area contributed by atoms with Crippen molar-refractivity contribution < 1.29 is 25.8 Å². The first-order valence-corrected chi connectivity index (χ1v) is 11.2. The van der Waals surface area contributed by atoms with Crippen molar-refractivity contribution in [1.82, 2.24) is 15.0 Å². The molecular weight excluding hydrogens is 469 g/mol. The fourth-order valence-corrected chi connectivity index (χ4v) is 2.97. The number of alkyl halides is 3. The molecule has 0 radical (unpaired) electrons. The van der Waals surface area contributed by atoms with Crippen LogP contribution in [0.2, 0.25) is 0 Å². The SMILES string of the molecule is C=C/C(=C\C=C(C)C)c1cc(OS(=O)(=O)C(F)(F)F)c2ncncc2c1.CNc1ccccn1. The van der Waals surface area contributed by atoms with Crippen LogP contribution < -0.4 is 9.50 Å². The molecule has 3 rings (SSSR count). The van der Waals surface area contributed by atoms with Crippen LogP contribution in [-0.4, -0.2) is 35.9 Å². The fourth-order valence-electron chi connectivity index (χ4n) is 2.52. The van der Waals surface area contributed by atoms with E-state index in [-0.39, 0.29) is 5.52 Å². The molecule has 3 aromatic rings. The summed E-state index contributed by atoms with van der Waals surface area (Å²) in [5, 5.41) is 3.24. The lowest BCUT2D eigenvalue weighted by Crippen LogP contribution is -2.28. The Labute approximate surface area is 195 Å². The maximum atomic E-state index is 12.7. The number of halogens is 3. The normalized spacial score (nSPS) is 11.8. The molecule has 0 spiro atoms. The van der Waals surface area contributed by atoms with Crippen LogP contribution in [0.3, 0.4) is 0 Å².